The molecule has 3 heteroatoms. The third kappa shape index (κ3) is 4.96. The summed E-state index contributed by atoms with van der Waals surface area (Å²) in [6.07, 6.45) is 3.98. The van der Waals surface area contributed by atoms with Crippen LogP contribution in [-0.4, -0.2) is 62.8 Å². The van der Waals surface area contributed by atoms with Gasteiger partial charge in [0.05, 0.1) is 13.2 Å². The molecule has 0 aromatic carbocycles. The Balaban J connectivity index is 2.15. The van der Waals surface area contributed by atoms with Gasteiger partial charge in [-0.25, -0.2) is 0 Å². The molecule has 90 valence electrons. The van der Waals surface area contributed by atoms with Gasteiger partial charge in [0.15, 0.2) is 0 Å². The van der Waals surface area contributed by atoms with Crippen molar-refractivity contribution in [2.24, 2.45) is 0 Å². The zero-order valence-electron chi connectivity index (χ0n) is 10.5. The molecule has 0 aliphatic carbocycles. The van der Waals surface area contributed by atoms with Gasteiger partial charge in [-0.15, -0.1) is 0 Å². The van der Waals surface area contributed by atoms with Crippen molar-refractivity contribution in [1.82, 2.24) is 9.80 Å². The van der Waals surface area contributed by atoms with Crippen LogP contribution < -0.4 is 0 Å². The molecule has 0 aromatic heterocycles. The molecule has 1 aliphatic heterocycles. The summed E-state index contributed by atoms with van der Waals surface area (Å²) in [7, 11) is 4.42. The smallest absolute Gasteiger partial charge is 0.0634 e. The number of hydrogen-bond acceptors (Lipinski definition) is 3. The molecule has 1 saturated heterocycles. The number of likely N-dealkylation sites (N-methyl/N-ethyl adjacent to an activating group) is 2. The third-order valence-corrected chi connectivity index (χ3v) is 3.19. The van der Waals surface area contributed by atoms with E-state index < -0.39 is 0 Å². The molecule has 1 atom stereocenters. The molecule has 1 fully saturated rings. The van der Waals surface area contributed by atoms with Gasteiger partial charge in [0, 0.05) is 19.1 Å². The lowest BCUT2D eigenvalue weighted by molar-refractivity contribution is -0.00478. The lowest BCUT2D eigenvalue weighted by atomic mass is 10.2. The Morgan fingerprint density at radius 1 is 1.40 bits per heavy atom. The van der Waals surface area contributed by atoms with Gasteiger partial charge in [-0.05, 0) is 27.1 Å². The van der Waals surface area contributed by atoms with E-state index in [1.165, 1.54) is 25.8 Å². The number of unbranched alkanes of at least 4 members (excludes halogenated alkanes) is 2. The highest BCUT2D eigenvalue weighted by molar-refractivity contribution is 4.75. The fourth-order valence-electron chi connectivity index (χ4n) is 2.01. The van der Waals surface area contributed by atoms with Gasteiger partial charge < -0.3 is 9.64 Å². The monoisotopic (exact) mass is 214 g/mol. The fraction of sp³-hybridized carbons (Fsp3) is 1.00. The first-order valence-corrected chi connectivity index (χ1v) is 6.20. The first kappa shape index (κ1) is 12.9. The highest BCUT2D eigenvalue weighted by atomic mass is 16.5. The van der Waals surface area contributed by atoms with E-state index in [4.69, 9.17) is 4.74 Å². The summed E-state index contributed by atoms with van der Waals surface area (Å²) in [5.41, 5.74) is 0. The zero-order valence-corrected chi connectivity index (χ0v) is 10.5. The minimum Gasteiger partial charge on any atom is -0.378 e. The number of hydrogen-bond donors (Lipinski definition) is 0. The van der Waals surface area contributed by atoms with E-state index in [-0.39, 0.29) is 0 Å². The highest BCUT2D eigenvalue weighted by Crippen LogP contribution is 2.06. The summed E-state index contributed by atoms with van der Waals surface area (Å²) in [6.45, 7) is 7.48. The molecule has 0 amide bonds. The normalized spacial score (nSPS) is 23.6. The van der Waals surface area contributed by atoms with Gasteiger partial charge >= 0.3 is 0 Å². The molecule has 0 saturated carbocycles. The maximum Gasteiger partial charge on any atom is 0.0634 e. The minimum atomic E-state index is 0.588. The summed E-state index contributed by atoms with van der Waals surface area (Å²) < 4.78 is 5.51. The van der Waals surface area contributed by atoms with Crippen LogP contribution in [0.3, 0.4) is 0 Å². The van der Waals surface area contributed by atoms with Gasteiger partial charge in [0.1, 0.15) is 0 Å². The standard InChI is InChI=1S/C12H26N2O/c1-4-5-6-7-13(2)10-12-11-15-9-8-14(12)3/h12H,4-11H2,1-3H3. The van der Waals surface area contributed by atoms with Gasteiger partial charge in [0.2, 0.25) is 0 Å². The molecular weight excluding hydrogens is 188 g/mol. The first-order valence-electron chi connectivity index (χ1n) is 6.20. The van der Waals surface area contributed by atoms with Crippen molar-refractivity contribution in [2.45, 2.75) is 32.2 Å². The fourth-order valence-corrected chi connectivity index (χ4v) is 2.01. The summed E-state index contributed by atoms with van der Waals surface area (Å²) in [4.78, 5) is 4.85. The molecule has 0 N–H and O–H groups in total. The van der Waals surface area contributed by atoms with Crippen molar-refractivity contribution in [2.75, 3.05) is 46.9 Å². The van der Waals surface area contributed by atoms with Crippen molar-refractivity contribution >= 4 is 0 Å². The van der Waals surface area contributed by atoms with Gasteiger partial charge in [0.25, 0.3) is 0 Å². The Labute approximate surface area is 94.4 Å². The summed E-state index contributed by atoms with van der Waals surface area (Å²) in [6, 6.07) is 0.588. The lowest BCUT2D eigenvalue weighted by Gasteiger charge is -2.35. The van der Waals surface area contributed by atoms with Gasteiger partial charge in [-0.3, -0.25) is 4.90 Å². The molecule has 15 heavy (non-hydrogen) atoms. The van der Waals surface area contributed by atoms with E-state index in [1.807, 2.05) is 0 Å². The summed E-state index contributed by atoms with van der Waals surface area (Å²) >= 11 is 0. The highest BCUT2D eigenvalue weighted by Gasteiger charge is 2.20. The average molecular weight is 214 g/mol. The van der Waals surface area contributed by atoms with E-state index in [9.17, 15) is 0 Å². The van der Waals surface area contributed by atoms with Gasteiger partial charge in [-0.2, -0.15) is 0 Å². The van der Waals surface area contributed by atoms with E-state index in [2.05, 4.69) is 30.8 Å². The Kier molecular flexibility index (Phi) is 6.22. The van der Waals surface area contributed by atoms with Crippen molar-refractivity contribution in [1.29, 1.82) is 0 Å². The second-order valence-electron chi connectivity index (χ2n) is 4.68. The van der Waals surface area contributed by atoms with Crippen LogP contribution in [0.2, 0.25) is 0 Å². The molecule has 0 bridgehead atoms. The van der Waals surface area contributed by atoms with Crippen molar-refractivity contribution in [3.05, 3.63) is 0 Å². The maximum absolute atomic E-state index is 5.51. The van der Waals surface area contributed by atoms with Crippen LogP contribution in [0.5, 0.6) is 0 Å². The Morgan fingerprint density at radius 2 is 2.20 bits per heavy atom. The van der Waals surface area contributed by atoms with Crippen LogP contribution in [0.15, 0.2) is 0 Å². The third-order valence-electron chi connectivity index (χ3n) is 3.19. The quantitative estimate of drug-likeness (QED) is 0.622. The maximum atomic E-state index is 5.51. The van der Waals surface area contributed by atoms with Crippen LogP contribution >= 0.6 is 0 Å². The number of rotatable bonds is 6. The Bertz CT molecular complexity index is 164. The molecule has 0 aromatic rings. The first-order chi connectivity index (χ1) is 7.24. The average Bonchev–Trinajstić information content (AvgIpc) is 2.22. The van der Waals surface area contributed by atoms with Crippen molar-refractivity contribution in [3.63, 3.8) is 0 Å². The van der Waals surface area contributed by atoms with Crippen molar-refractivity contribution < 1.29 is 4.74 Å². The number of morpholine rings is 1. The molecule has 0 spiro atoms. The Hall–Kier alpha value is -0.120. The van der Waals surface area contributed by atoms with Crippen molar-refractivity contribution in [3.8, 4) is 0 Å². The Morgan fingerprint density at radius 3 is 2.87 bits per heavy atom. The zero-order chi connectivity index (χ0) is 11.1. The van der Waals surface area contributed by atoms with E-state index in [1.54, 1.807) is 0 Å². The predicted molar refractivity (Wildman–Crippen MR) is 64.3 cm³/mol. The minimum absolute atomic E-state index is 0.588. The lowest BCUT2D eigenvalue weighted by Crippen LogP contribution is -2.48. The molecule has 1 aliphatic rings. The van der Waals surface area contributed by atoms with Crippen LogP contribution in [-0.2, 0) is 4.74 Å². The number of nitrogens with zero attached hydrogens (tertiary/aromatic N) is 2. The number of ether oxygens (including phenoxy) is 1. The molecule has 0 radical (unpaired) electrons. The van der Waals surface area contributed by atoms with Crippen LogP contribution in [0.4, 0.5) is 0 Å². The van der Waals surface area contributed by atoms with Crippen LogP contribution in [0.1, 0.15) is 26.2 Å². The molecule has 3 nitrogen and oxygen atoms in total. The van der Waals surface area contributed by atoms with E-state index in [0.29, 0.717) is 6.04 Å². The molecule has 1 rings (SSSR count). The van der Waals surface area contributed by atoms with E-state index in [0.717, 1.165) is 26.3 Å². The van der Waals surface area contributed by atoms with Crippen LogP contribution in [0, 0.1) is 0 Å². The summed E-state index contributed by atoms with van der Waals surface area (Å²) in [5.74, 6) is 0. The molecule has 1 heterocycles. The molecular formula is C12H26N2O. The van der Waals surface area contributed by atoms with Gasteiger partial charge in [-0.1, -0.05) is 19.8 Å². The SMILES string of the molecule is CCCCCN(C)CC1COCCN1C. The second kappa shape index (κ2) is 7.20. The predicted octanol–water partition coefficient (Wildman–Crippen LogP) is 1.44. The second-order valence-corrected chi connectivity index (χ2v) is 4.68. The largest absolute Gasteiger partial charge is 0.378 e. The molecule has 1 unspecified atom stereocenters. The summed E-state index contributed by atoms with van der Waals surface area (Å²) in [5, 5.41) is 0. The van der Waals surface area contributed by atoms with E-state index >= 15 is 0 Å². The topological polar surface area (TPSA) is 15.7 Å². The van der Waals surface area contributed by atoms with Crippen LogP contribution in [0.25, 0.3) is 0 Å².